The van der Waals surface area contributed by atoms with Gasteiger partial charge in [0.25, 0.3) is 5.91 Å². The molecule has 0 spiro atoms. The zero-order chi connectivity index (χ0) is 22.4. The largest absolute Gasteiger partial charge is 0.497 e. The molecule has 0 bridgehead atoms. The second kappa shape index (κ2) is 10.0. The van der Waals surface area contributed by atoms with Crippen LogP contribution in [-0.4, -0.2) is 32.1 Å². The molecule has 2 aromatic rings. The van der Waals surface area contributed by atoms with E-state index >= 15 is 0 Å². The Labute approximate surface area is 174 Å². The maximum absolute atomic E-state index is 14.0. The van der Waals surface area contributed by atoms with E-state index in [1.165, 1.54) is 32.4 Å². The molecule has 0 aromatic heterocycles. The van der Waals surface area contributed by atoms with Crippen molar-refractivity contribution in [3.05, 3.63) is 59.2 Å². The third-order valence-electron chi connectivity index (χ3n) is 4.64. The molecule has 2 aromatic carbocycles. The molecule has 0 radical (unpaired) electrons. The molecule has 2 unspecified atom stereocenters. The molecule has 162 valence electrons. The summed E-state index contributed by atoms with van der Waals surface area (Å²) in [6, 6.07) is 6.26. The number of hydrogen-bond donors (Lipinski definition) is 2. The molecule has 2 rings (SSSR count). The number of hydrogen-bond acceptors (Lipinski definition) is 4. The van der Waals surface area contributed by atoms with Crippen molar-refractivity contribution in [1.29, 1.82) is 0 Å². The molecule has 0 aliphatic carbocycles. The molecule has 2 N–H and O–H groups in total. The van der Waals surface area contributed by atoms with Crippen LogP contribution in [-0.2, 0) is 4.79 Å². The molecule has 0 saturated heterocycles. The van der Waals surface area contributed by atoms with E-state index in [4.69, 9.17) is 9.47 Å². The Morgan fingerprint density at radius 3 is 2.00 bits per heavy atom. The zero-order valence-electron chi connectivity index (χ0n) is 17.6. The van der Waals surface area contributed by atoms with E-state index in [2.05, 4.69) is 10.6 Å². The number of halogens is 2. The zero-order valence-corrected chi connectivity index (χ0v) is 17.6. The SMILES string of the molecule is COc1cc(OC)cc(C(=O)NC(C(=O)NC(C)c2ccc(F)cc2F)C(C)C)c1. The minimum Gasteiger partial charge on any atom is -0.497 e. The van der Waals surface area contributed by atoms with E-state index in [1.807, 2.05) is 0 Å². The van der Waals surface area contributed by atoms with Gasteiger partial charge in [0.05, 0.1) is 20.3 Å². The van der Waals surface area contributed by atoms with Crippen LogP contribution in [0.1, 0.15) is 42.7 Å². The lowest BCUT2D eigenvalue weighted by atomic mass is 10.0. The van der Waals surface area contributed by atoms with Crippen LogP contribution in [0.15, 0.2) is 36.4 Å². The highest BCUT2D eigenvalue weighted by Gasteiger charge is 2.27. The molecule has 2 amide bonds. The van der Waals surface area contributed by atoms with Crippen molar-refractivity contribution >= 4 is 11.8 Å². The van der Waals surface area contributed by atoms with Gasteiger partial charge in [0, 0.05) is 23.3 Å². The summed E-state index contributed by atoms with van der Waals surface area (Å²) in [5.74, 6) is -1.79. The fraction of sp³-hybridized carbons (Fsp3) is 0.364. The summed E-state index contributed by atoms with van der Waals surface area (Å²) in [5, 5.41) is 5.37. The number of carbonyl (C=O) groups is 2. The van der Waals surface area contributed by atoms with Crippen molar-refractivity contribution in [1.82, 2.24) is 10.6 Å². The molecule has 0 aliphatic heterocycles. The van der Waals surface area contributed by atoms with Gasteiger partial charge in [-0.05, 0) is 31.0 Å². The van der Waals surface area contributed by atoms with Crippen molar-refractivity contribution in [2.75, 3.05) is 14.2 Å². The van der Waals surface area contributed by atoms with Gasteiger partial charge in [-0.15, -0.1) is 0 Å². The predicted molar refractivity (Wildman–Crippen MR) is 109 cm³/mol. The van der Waals surface area contributed by atoms with E-state index in [0.29, 0.717) is 11.5 Å². The van der Waals surface area contributed by atoms with E-state index < -0.39 is 35.5 Å². The Hall–Kier alpha value is -3.16. The highest BCUT2D eigenvalue weighted by molar-refractivity contribution is 5.98. The maximum Gasteiger partial charge on any atom is 0.252 e. The molecule has 2 atom stereocenters. The van der Waals surface area contributed by atoms with E-state index in [0.717, 1.165) is 12.1 Å². The van der Waals surface area contributed by atoms with Crippen molar-refractivity contribution < 1.29 is 27.8 Å². The third kappa shape index (κ3) is 5.68. The summed E-state index contributed by atoms with van der Waals surface area (Å²) in [6.45, 7) is 5.14. The van der Waals surface area contributed by atoms with Crippen LogP contribution >= 0.6 is 0 Å². The first-order valence-corrected chi connectivity index (χ1v) is 9.45. The number of ether oxygens (including phenoxy) is 2. The fourth-order valence-corrected chi connectivity index (χ4v) is 2.93. The second-order valence-corrected chi connectivity index (χ2v) is 7.19. The van der Waals surface area contributed by atoms with Crippen molar-refractivity contribution in [3.8, 4) is 11.5 Å². The molecule has 0 saturated carbocycles. The van der Waals surface area contributed by atoms with Gasteiger partial charge in [0.2, 0.25) is 5.91 Å². The van der Waals surface area contributed by atoms with Crippen molar-refractivity contribution in [3.63, 3.8) is 0 Å². The summed E-state index contributed by atoms with van der Waals surface area (Å²) >= 11 is 0. The lowest BCUT2D eigenvalue weighted by Gasteiger charge is -2.24. The van der Waals surface area contributed by atoms with E-state index in [-0.39, 0.29) is 17.0 Å². The van der Waals surface area contributed by atoms with E-state index in [9.17, 15) is 18.4 Å². The summed E-state index contributed by atoms with van der Waals surface area (Å²) in [7, 11) is 2.94. The van der Waals surface area contributed by atoms with Gasteiger partial charge in [0.1, 0.15) is 29.2 Å². The van der Waals surface area contributed by atoms with E-state index in [1.54, 1.807) is 26.8 Å². The Kier molecular flexibility index (Phi) is 7.74. The summed E-state index contributed by atoms with van der Waals surface area (Å²) in [6.07, 6.45) is 0. The number of amides is 2. The van der Waals surface area contributed by atoms with Gasteiger partial charge in [-0.3, -0.25) is 9.59 Å². The Bertz CT molecular complexity index is 896. The summed E-state index contributed by atoms with van der Waals surface area (Å²) < 4.78 is 37.5. The first-order chi connectivity index (χ1) is 14.2. The minimum absolute atomic E-state index is 0.149. The fourth-order valence-electron chi connectivity index (χ4n) is 2.93. The van der Waals surface area contributed by atoms with Gasteiger partial charge >= 0.3 is 0 Å². The monoisotopic (exact) mass is 420 g/mol. The van der Waals surface area contributed by atoms with Crippen LogP contribution in [0.2, 0.25) is 0 Å². The Morgan fingerprint density at radius 2 is 1.50 bits per heavy atom. The third-order valence-corrected chi connectivity index (χ3v) is 4.64. The first kappa shape index (κ1) is 23.1. The maximum atomic E-state index is 14.0. The van der Waals surface area contributed by atoms with Crippen molar-refractivity contribution in [2.24, 2.45) is 5.92 Å². The normalized spacial score (nSPS) is 12.8. The highest BCUT2D eigenvalue weighted by atomic mass is 19.1. The first-order valence-electron chi connectivity index (χ1n) is 9.45. The smallest absolute Gasteiger partial charge is 0.252 e. The van der Waals surface area contributed by atoms with Crippen LogP contribution < -0.4 is 20.1 Å². The van der Waals surface area contributed by atoms with Gasteiger partial charge < -0.3 is 20.1 Å². The predicted octanol–water partition coefficient (Wildman–Crippen LogP) is 3.61. The molecule has 6 nitrogen and oxygen atoms in total. The van der Waals surface area contributed by atoms with Crippen LogP contribution in [0, 0.1) is 17.6 Å². The molecular weight excluding hydrogens is 394 g/mol. The Balaban J connectivity index is 2.17. The number of carbonyl (C=O) groups excluding carboxylic acids is 2. The second-order valence-electron chi connectivity index (χ2n) is 7.19. The lowest BCUT2D eigenvalue weighted by molar-refractivity contribution is -0.124. The minimum atomic E-state index is -0.874. The van der Waals surface area contributed by atoms with Crippen LogP contribution in [0.3, 0.4) is 0 Å². The molecule has 0 aliphatic rings. The Morgan fingerprint density at radius 1 is 0.900 bits per heavy atom. The van der Waals surface area contributed by atoms with Gasteiger partial charge in [-0.1, -0.05) is 19.9 Å². The quantitative estimate of drug-likeness (QED) is 0.684. The topological polar surface area (TPSA) is 76.7 Å². The average molecular weight is 420 g/mol. The van der Waals surface area contributed by atoms with Gasteiger partial charge in [-0.25, -0.2) is 8.78 Å². The summed E-state index contributed by atoms with van der Waals surface area (Å²) in [4.78, 5) is 25.5. The van der Waals surface area contributed by atoms with Crippen molar-refractivity contribution in [2.45, 2.75) is 32.9 Å². The van der Waals surface area contributed by atoms with Crippen LogP contribution in [0.4, 0.5) is 8.78 Å². The van der Waals surface area contributed by atoms with Gasteiger partial charge in [-0.2, -0.15) is 0 Å². The molecule has 8 heteroatoms. The van der Waals surface area contributed by atoms with Crippen LogP contribution in [0.25, 0.3) is 0 Å². The molecule has 0 heterocycles. The molecule has 30 heavy (non-hydrogen) atoms. The highest BCUT2D eigenvalue weighted by Crippen LogP contribution is 2.23. The number of methoxy groups -OCH3 is 2. The number of rotatable bonds is 8. The standard InChI is InChI=1S/C22H26F2N2O4/c1-12(2)20(22(28)25-13(3)18-7-6-15(23)10-19(18)24)26-21(27)14-8-16(29-4)11-17(9-14)30-5/h6-13,20H,1-5H3,(H,25,28)(H,26,27). The summed E-state index contributed by atoms with van der Waals surface area (Å²) in [5.41, 5.74) is 0.415. The van der Waals surface area contributed by atoms with Crippen LogP contribution in [0.5, 0.6) is 11.5 Å². The number of benzene rings is 2. The van der Waals surface area contributed by atoms with Gasteiger partial charge in [0.15, 0.2) is 0 Å². The molecular formula is C22H26F2N2O4. The lowest BCUT2D eigenvalue weighted by Crippen LogP contribution is -2.50. The average Bonchev–Trinajstić information content (AvgIpc) is 2.70. The number of nitrogens with one attached hydrogen (secondary N) is 2. The molecule has 0 fully saturated rings.